The third-order valence-corrected chi connectivity index (χ3v) is 6.64. The molecule has 0 radical (unpaired) electrons. The summed E-state index contributed by atoms with van der Waals surface area (Å²) in [6.45, 7) is 0.249. The van der Waals surface area contributed by atoms with Crippen LogP contribution in [-0.2, 0) is 9.84 Å². The smallest absolute Gasteiger partial charge is 0.182 e. The van der Waals surface area contributed by atoms with Crippen molar-refractivity contribution in [3.05, 3.63) is 64.9 Å². The number of hydrogen-bond acceptors (Lipinski definition) is 3. The Bertz CT molecular complexity index is 792. The van der Waals surface area contributed by atoms with Crippen molar-refractivity contribution in [2.75, 3.05) is 6.54 Å². The van der Waals surface area contributed by atoms with Crippen molar-refractivity contribution in [3.8, 4) is 0 Å². The number of halogens is 2. The van der Waals surface area contributed by atoms with Crippen molar-refractivity contribution in [1.29, 1.82) is 0 Å². The van der Waals surface area contributed by atoms with E-state index in [1.54, 1.807) is 24.3 Å². The van der Waals surface area contributed by atoms with Crippen molar-refractivity contribution in [3.63, 3.8) is 0 Å². The van der Waals surface area contributed by atoms with Gasteiger partial charge in [0, 0.05) is 10.9 Å². The molecule has 1 saturated carbocycles. The van der Waals surface area contributed by atoms with E-state index in [1.807, 2.05) is 0 Å². The first kappa shape index (κ1) is 15.5. The van der Waals surface area contributed by atoms with Gasteiger partial charge in [-0.3, -0.25) is 0 Å². The first-order valence-electron chi connectivity index (χ1n) is 6.90. The summed E-state index contributed by atoms with van der Waals surface area (Å²) in [5, 5.41) is -0.132. The van der Waals surface area contributed by atoms with Crippen molar-refractivity contribution in [2.45, 2.75) is 16.1 Å². The van der Waals surface area contributed by atoms with Gasteiger partial charge in [-0.2, -0.15) is 0 Å². The highest BCUT2D eigenvalue weighted by Gasteiger charge is 2.58. The van der Waals surface area contributed by atoms with E-state index in [9.17, 15) is 12.8 Å². The Morgan fingerprint density at radius 3 is 2.41 bits per heavy atom. The Hall–Kier alpha value is -1.43. The molecular formula is C16H15ClFNO2S. The molecule has 0 heterocycles. The van der Waals surface area contributed by atoms with Crippen molar-refractivity contribution in [2.24, 2.45) is 11.7 Å². The SMILES string of the molecule is NC[C@@H]1[C@H](c2cccc(F)c2)[C@H]1S(=O)(=O)c1ccc(Cl)cc1. The number of nitrogens with two attached hydrogens (primary N) is 1. The number of benzene rings is 2. The summed E-state index contributed by atoms with van der Waals surface area (Å²) >= 11 is 5.80. The van der Waals surface area contributed by atoms with Gasteiger partial charge in [0.15, 0.2) is 9.84 Å². The quantitative estimate of drug-likeness (QED) is 0.931. The topological polar surface area (TPSA) is 60.2 Å². The van der Waals surface area contributed by atoms with Crippen LogP contribution in [0.4, 0.5) is 4.39 Å². The van der Waals surface area contributed by atoms with E-state index in [4.69, 9.17) is 17.3 Å². The van der Waals surface area contributed by atoms with Gasteiger partial charge in [0.05, 0.1) is 10.1 Å². The molecule has 2 aromatic rings. The van der Waals surface area contributed by atoms with Crippen LogP contribution in [0.15, 0.2) is 53.4 Å². The molecule has 2 N–H and O–H groups in total. The second-order valence-electron chi connectivity index (χ2n) is 5.44. The minimum Gasteiger partial charge on any atom is -0.330 e. The van der Waals surface area contributed by atoms with Gasteiger partial charge in [0.25, 0.3) is 0 Å². The molecular weight excluding hydrogens is 325 g/mol. The first-order valence-corrected chi connectivity index (χ1v) is 8.82. The molecule has 0 spiro atoms. The number of sulfone groups is 1. The van der Waals surface area contributed by atoms with Crippen molar-refractivity contribution >= 4 is 21.4 Å². The molecule has 0 aliphatic heterocycles. The van der Waals surface area contributed by atoms with Crippen LogP contribution in [0.5, 0.6) is 0 Å². The molecule has 0 saturated heterocycles. The first-order chi connectivity index (χ1) is 10.4. The lowest BCUT2D eigenvalue weighted by Crippen LogP contribution is -2.13. The van der Waals surface area contributed by atoms with Crippen LogP contribution in [0.2, 0.25) is 5.02 Å². The molecule has 3 nitrogen and oxygen atoms in total. The third-order valence-electron chi connectivity index (χ3n) is 4.10. The zero-order chi connectivity index (χ0) is 15.9. The molecule has 116 valence electrons. The molecule has 3 atom stereocenters. The lowest BCUT2D eigenvalue weighted by molar-refractivity contribution is 0.591. The van der Waals surface area contributed by atoms with E-state index >= 15 is 0 Å². The summed E-state index contributed by atoms with van der Waals surface area (Å²) in [5.41, 5.74) is 6.39. The monoisotopic (exact) mass is 339 g/mol. The predicted molar refractivity (Wildman–Crippen MR) is 84.1 cm³/mol. The van der Waals surface area contributed by atoms with E-state index in [2.05, 4.69) is 0 Å². The maximum absolute atomic E-state index is 13.4. The van der Waals surface area contributed by atoms with Crippen LogP contribution < -0.4 is 5.73 Å². The predicted octanol–water partition coefficient (Wildman–Crippen LogP) is 2.99. The molecule has 3 rings (SSSR count). The van der Waals surface area contributed by atoms with Gasteiger partial charge in [-0.1, -0.05) is 23.7 Å². The Morgan fingerprint density at radius 1 is 1.14 bits per heavy atom. The summed E-state index contributed by atoms with van der Waals surface area (Å²) in [6, 6.07) is 12.1. The fraction of sp³-hybridized carbons (Fsp3) is 0.250. The summed E-state index contributed by atoms with van der Waals surface area (Å²) in [4.78, 5) is 0.222. The van der Waals surface area contributed by atoms with Crippen LogP contribution >= 0.6 is 11.6 Å². The van der Waals surface area contributed by atoms with Gasteiger partial charge in [0.1, 0.15) is 5.82 Å². The molecule has 1 aliphatic carbocycles. The number of hydrogen-bond donors (Lipinski definition) is 1. The van der Waals surface area contributed by atoms with E-state index in [0.29, 0.717) is 10.6 Å². The fourth-order valence-corrected chi connectivity index (χ4v) is 5.33. The standard InChI is InChI=1S/C16H15ClFNO2S/c17-11-4-6-13(7-5-11)22(20,21)16-14(9-19)15(16)10-2-1-3-12(18)8-10/h1-8,14-16H,9,19H2/t14-,15+,16+/m1/s1. The van der Waals surface area contributed by atoms with Crippen LogP contribution in [0.1, 0.15) is 11.5 Å². The van der Waals surface area contributed by atoms with Gasteiger partial charge >= 0.3 is 0 Å². The third kappa shape index (κ3) is 2.64. The van der Waals surface area contributed by atoms with Gasteiger partial charge in [0.2, 0.25) is 0 Å². The minimum absolute atomic E-state index is 0.192. The Morgan fingerprint density at radius 2 is 1.82 bits per heavy atom. The van der Waals surface area contributed by atoms with E-state index < -0.39 is 15.1 Å². The molecule has 2 aromatic carbocycles. The maximum Gasteiger partial charge on any atom is 0.182 e. The van der Waals surface area contributed by atoms with Gasteiger partial charge in [-0.15, -0.1) is 0 Å². The molecule has 0 amide bonds. The molecule has 0 bridgehead atoms. The zero-order valence-corrected chi connectivity index (χ0v) is 13.2. The second kappa shape index (κ2) is 5.65. The maximum atomic E-state index is 13.4. The van der Waals surface area contributed by atoms with E-state index in [1.165, 1.54) is 24.3 Å². The average Bonchev–Trinajstić information content (AvgIpc) is 3.23. The normalized spacial score (nSPS) is 24.2. The fourth-order valence-electron chi connectivity index (χ4n) is 2.98. The lowest BCUT2D eigenvalue weighted by atomic mass is 10.1. The van der Waals surface area contributed by atoms with E-state index in [0.717, 1.165) is 0 Å². The minimum atomic E-state index is -3.52. The molecule has 0 aromatic heterocycles. The van der Waals surface area contributed by atoms with Crippen LogP contribution in [0, 0.1) is 11.7 Å². The zero-order valence-electron chi connectivity index (χ0n) is 11.6. The van der Waals surface area contributed by atoms with Gasteiger partial charge in [-0.05, 0) is 54.4 Å². The molecule has 6 heteroatoms. The highest BCUT2D eigenvalue weighted by Crippen LogP contribution is 2.53. The average molecular weight is 340 g/mol. The summed E-state index contributed by atoms with van der Waals surface area (Å²) < 4.78 is 38.9. The Kier molecular flexibility index (Phi) is 3.97. The number of rotatable bonds is 4. The summed E-state index contributed by atoms with van der Waals surface area (Å²) in [6.07, 6.45) is 0. The molecule has 1 aliphatic rings. The van der Waals surface area contributed by atoms with Crippen LogP contribution in [0.25, 0.3) is 0 Å². The highest BCUT2D eigenvalue weighted by molar-refractivity contribution is 7.92. The van der Waals surface area contributed by atoms with Crippen LogP contribution in [-0.4, -0.2) is 20.2 Å². The highest BCUT2D eigenvalue weighted by atomic mass is 35.5. The van der Waals surface area contributed by atoms with Crippen LogP contribution in [0.3, 0.4) is 0 Å². The summed E-state index contributed by atoms with van der Waals surface area (Å²) in [7, 11) is -3.52. The van der Waals surface area contributed by atoms with Crippen molar-refractivity contribution < 1.29 is 12.8 Å². The molecule has 0 unspecified atom stereocenters. The lowest BCUT2D eigenvalue weighted by Gasteiger charge is -2.04. The van der Waals surface area contributed by atoms with Gasteiger partial charge < -0.3 is 5.73 Å². The molecule has 1 fully saturated rings. The largest absolute Gasteiger partial charge is 0.330 e. The second-order valence-corrected chi connectivity index (χ2v) is 7.99. The Labute approximate surface area is 133 Å². The molecule has 22 heavy (non-hydrogen) atoms. The summed E-state index contributed by atoms with van der Waals surface area (Å²) in [5.74, 6) is -0.827. The van der Waals surface area contributed by atoms with Gasteiger partial charge in [-0.25, -0.2) is 12.8 Å². The Balaban J connectivity index is 1.95. The van der Waals surface area contributed by atoms with Crippen molar-refractivity contribution in [1.82, 2.24) is 0 Å². The van der Waals surface area contributed by atoms with E-state index in [-0.39, 0.29) is 29.1 Å².